The molecule has 1 aliphatic heterocycles. The lowest BCUT2D eigenvalue weighted by Crippen LogP contribution is -2.29. The summed E-state index contributed by atoms with van der Waals surface area (Å²) in [5.41, 5.74) is 5.81. The predicted octanol–water partition coefficient (Wildman–Crippen LogP) is 2.26. The molecule has 0 radical (unpaired) electrons. The number of hydrogen-bond donors (Lipinski definition) is 1. The lowest BCUT2D eigenvalue weighted by atomic mass is 10.1. The molecule has 0 aliphatic carbocycles. The van der Waals surface area contributed by atoms with E-state index in [4.69, 9.17) is 20.5 Å². The van der Waals surface area contributed by atoms with E-state index < -0.39 is 5.91 Å². The molecule has 0 bridgehead atoms. The van der Waals surface area contributed by atoms with Crippen molar-refractivity contribution in [3.8, 4) is 17.7 Å². The fraction of sp³-hybridized carbons (Fsp3) is 0.429. The second-order valence-corrected chi connectivity index (χ2v) is 7.36. The van der Waals surface area contributed by atoms with Gasteiger partial charge in [-0.05, 0) is 43.9 Å². The molecule has 1 unspecified atom stereocenters. The minimum absolute atomic E-state index is 0.0979. The third-order valence-corrected chi connectivity index (χ3v) is 4.78. The van der Waals surface area contributed by atoms with Gasteiger partial charge in [-0.1, -0.05) is 0 Å². The van der Waals surface area contributed by atoms with Gasteiger partial charge in [-0.2, -0.15) is 5.26 Å². The number of aromatic nitrogens is 1. The van der Waals surface area contributed by atoms with Crippen molar-refractivity contribution in [2.75, 3.05) is 19.7 Å². The summed E-state index contributed by atoms with van der Waals surface area (Å²) in [6, 6.07) is 7.09. The van der Waals surface area contributed by atoms with E-state index in [0.29, 0.717) is 36.9 Å². The lowest BCUT2D eigenvalue weighted by Gasteiger charge is -2.17. The Labute approximate surface area is 169 Å². The van der Waals surface area contributed by atoms with Crippen LogP contribution in [0.5, 0.6) is 11.6 Å². The third kappa shape index (κ3) is 4.74. The fourth-order valence-electron chi connectivity index (χ4n) is 3.40. The van der Waals surface area contributed by atoms with Crippen LogP contribution in [0.25, 0.3) is 10.8 Å². The van der Waals surface area contributed by atoms with Gasteiger partial charge in [-0.3, -0.25) is 9.59 Å². The number of pyridine rings is 1. The number of primary amides is 1. The summed E-state index contributed by atoms with van der Waals surface area (Å²) in [6.45, 7) is 5.34. The quantitative estimate of drug-likeness (QED) is 0.767. The average Bonchev–Trinajstić information content (AvgIpc) is 3.14. The first-order valence-electron chi connectivity index (χ1n) is 9.55. The molecule has 8 nitrogen and oxygen atoms in total. The molecule has 0 saturated carbocycles. The van der Waals surface area contributed by atoms with Crippen LogP contribution in [0.4, 0.5) is 0 Å². The third-order valence-electron chi connectivity index (χ3n) is 4.78. The van der Waals surface area contributed by atoms with Crippen LogP contribution in [0, 0.1) is 17.2 Å². The summed E-state index contributed by atoms with van der Waals surface area (Å²) in [4.78, 5) is 29.7. The maximum absolute atomic E-state index is 11.9. The first-order valence-corrected chi connectivity index (χ1v) is 9.55. The van der Waals surface area contributed by atoms with Crippen LogP contribution in [0.3, 0.4) is 0 Å². The summed E-state index contributed by atoms with van der Waals surface area (Å²) in [5.74, 6) is 0.301. The average molecular weight is 396 g/mol. The van der Waals surface area contributed by atoms with E-state index in [1.54, 1.807) is 29.3 Å². The Bertz CT molecular complexity index is 967. The number of carbonyl (C=O) groups excluding carboxylic acids is 2. The fourth-order valence-corrected chi connectivity index (χ4v) is 3.40. The first kappa shape index (κ1) is 20.4. The molecule has 1 aliphatic rings. The number of nitriles is 1. The van der Waals surface area contributed by atoms with E-state index in [1.807, 2.05) is 19.9 Å². The molecular formula is C21H24N4O4. The number of carbonyl (C=O) groups is 2. The van der Waals surface area contributed by atoms with Gasteiger partial charge in [-0.15, -0.1) is 0 Å². The summed E-state index contributed by atoms with van der Waals surface area (Å²) in [7, 11) is 0. The van der Waals surface area contributed by atoms with Crippen LogP contribution in [-0.2, 0) is 4.79 Å². The summed E-state index contributed by atoms with van der Waals surface area (Å²) >= 11 is 0. The number of rotatable bonds is 7. The highest BCUT2D eigenvalue weighted by Gasteiger charge is 2.26. The maximum Gasteiger partial charge on any atom is 0.252 e. The Morgan fingerprint density at radius 3 is 2.90 bits per heavy atom. The van der Waals surface area contributed by atoms with Gasteiger partial charge in [-0.25, -0.2) is 4.98 Å². The van der Waals surface area contributed by atoms with Crippen LogP contribution in [-0.4, -0.2) is 47.5 Å². The van der Waals surface area contributed by atoms with Crippen LogP contribution in [0.2, 0.25) is 0 Å². The Morgan fingerprint density at radius 2 is 2.21 bits per heavy atom. The second kappa shape index (κ2) is 8.78. The van der Waals surface area contributed by atoms with Crippen molar-refractivity contribution in [1.29, 1.82) is 5.26 Å². The molecule has 0 spiro atoms. The summed E-state index contributed by atoms with van der Waals surface area (Å²) in [5, 5.41) is 10.2. The van der Waals surface area contributed by atoms with Crippen molar-refractivity contribution in [2.24, 2.45) is 11.7 Å². The van der Waals surface area contributed by atoms with Gasteiger partial charge < -0.3 is 20.1 Å². The van der Waals surface area contributed by atoms with Crippen molar-refractivity contribution in [1.82, 2.24) is 9.88 Å². The zero-order chi connectivity index (χ0) is 21.0. The van der Waals surface area contributed by atoms with Crippen molar-refractivity contribution >= 4 is 22.6 Å². The van der Waals surface area contributed by atoms with Crippen molar-refractivity contribution in [3.63, 3.8) is 0 Å². The Hall–Kier alpha value is -3.34. The number of benzene rings is 1. The van der Waals surface area contributed by atoms with Crippen LogP contribution >= 0.6 is 0 Å². The van der Waals surface area contributed by atoms with Gasteiger partial charge >= 0.3 is 0 Å². The van der Waals surface area contributed by atoms with Crippen molar-refractivity contribution in [2.45, 2.75) is 32.8 Å². The summed E-state index contributed by atoms with van der Waals surface area (Å²) in [6.07, 6.45) is 2.21. The molecule has 2 heterocycles. The van der Waals surface area contributed by atoms with Crippen molar-refractivity contribution in [3.05, 3.63) is 30.0 Å². The molecule has 1 atom stereocenters. The molecule has 8 heteroatoms. The van der Waals surface area contributed by atoms with Crippen LogP contribution < -0.4 is 15.2 Å². The van der Waals surface area contributed by atoms with Gasteiger partial charge in [0.15, 0.2) is 0 Å². The molecule has 1 fully saturated rings. The minimum Gasteiger partial charge on any atom is -0.490 e. The van der Waals surface area contributed by atoms with E-state index in [9.17, 15) is 9.59 Å². The molecule has 1 aromatic carbocycles. The SMILES string of the molecule is CC(C)Oc1cc2c(OCC3CCN(C(=O)CC#N)C3)nccc2cc1C(N)=O. The largest absolute Gasteiger partial charge is 0.490 e. The first-order chi connectivity index (χ1) is 13.9. The number of ether oxygens (including phenoxy) is 2. The second-order valence-electron chi connectivity index (χ2n) is 7.36. The number of nitrogens with two attached hydrogens (primary N) is 1. The van der Waals surface area contributed by atoms with E-state index >= 15 is 0 Å². The van der Waals surface area contributed by atoms with E-state index in [2.05, 4.69) is 4.98 Å². The van der Waals surface area contributed by atoms with E-state index in [1.165, 1.54) is 0 Å². The normalized spacial score (nSPS) is 16.1. The monoisotopic (exact) mass is 396 g/mol. The number of likely N-dealkylation sites (tertiary alicyclic amines) is 1. The van der Waals surface area contributed by atoms with Gasteiger partial charge in [0.1, 0.15) is 12.2 Å². The number of amides is 2. The maximum atomic E-state index is 11.9. The van der Waals surface area contributed by atoms with E-state index in [0.717, 1.165) is 17.2 Å². The highest BCUT2D eigenvalue weighted by Crippen LogP contribution is 2.32. The smallest absolute Gasteiger partial charge is 0.252 e. The zero-order valence-corrected chi connectivity index (χ0v) is 16.6. The Balaban J connectivity index is 1.79. The van der Waals surface area contributed by atoms with Gasteiger partial charge in [0, 0.05) is 30.6 Å². The Morgan fingerprint density at radius 1 is 1.41 bits per heavy atom. The van der Waals surface area contributed by atoms with Crippen LogP contribution in [0.15, 0.2) is 24.4 Å². The molecule has 152 valence electrons. The zero-order valence-electron chi connectivity index (χ0n) is 16.6. The molecule has 2 N–H and O–H groups in total. The molecule has 1 saturated heterocycles. The lowest BCUT2D eigenvalue weighted by molar-refractivity contribution is -0.129. The highest BCUT2D eigenvalue weighted by molar-refractivity contribution is 6.01. The molecule has 29 heavy (non-hydrogen) atoms. The number of hydrogen-bond acceptors (Lipinski definition) is 6. The van der Waals surface area contributed by atoms with Gasteiger partial charge in [0.25, 0.3) is 5.91 Å². The molecular weight excluding hydrogens is 372 g/mol. The van der Waals surface area contributed by atoms with Gasteiger partial charge in [0.2, 0.25) is 11.8 Å². The van der Waals surface area contributed by atoms with Gasteiger partial charge in [0.05, 0.1) is 24.3 Å². The van der Waals surface area contributed by atoms with Crippen LogP contribution in [0.1, 0.15) is 37.0 Å². The standard InChI is InChI=1S/C21H24N4O4/c1-13(2)29-18-10-16-15(9-17(18)20(23)27)4-7-24-21(16)28-12-14-5-8-25(11-14)19(26)3-6-22/h4,7,9-10,13-14H,3,5,8,11-12H2,1-2H3,(H2,23,27). The molecule has 1 aromatic heterocycles. The Kier molecular flexibility index (Phi) is 6.17. The predicted molar refractivity (Wildman–Crippen MR) is 106 cm³/mol. The minimum atomic E-state index is -0.560. The number of fused-ring (bicyclic) bond motifs is 1. The molecule has 3 rings (SSSR count). The summed E-state index contributed by atoms with van der Waals surface area (Å²) < 4.78 is 11.7. The molecule has 2 aromatic rings. The molecule has 2 amide bonds. The topological polar surface area (TPSA) is 119 Å². The van der Waals surface area contributed by atoms with Crippen molar-refractivity contribution < 1.29 is 19.1 Å². The number of nitrogens with zero attached hydrogens (tertiary/aromatic N) is 3. The highest BCUT2D eigenvalue weighted by atomic mass is 16.5. The van der Waals surface area contributed by atoms with E-state index in [-0.39, 0.29) is 24.3 Å².